The summed E-state index contributed by atoms with van der Waals surface area (Å²) in [6.45, 7) is 6.16. The Labute approximate surface area is 121 Å². The van der Waals surface area contributed by atoms with Crippen LogP contribution in [0.4, 0.5) is 0 Å². The molecule has 1 aromatic heterocycles. The highest BCUT2D eigenvalue weighted by Gasteiger charge is 2.17. The van der Waals surface area contributed by atoms with Gasteiger partial charge < -0.3 is 14.1 Å². The van der Waals surface area contributed by atoms with Gasteiger partial charge in [0.05, 0.1) is 13.2 Å². The average molecular weight is 295 g/mol. The van der Waals surface area contributed by atoms with Gasteiger partial charge in [0.2, 0.25) is 0 Å². The molecule has 1 saturated heterocycles. The molecule has 0 spiro atoms. The summed E-state index contributed by atoms with van der Waals surface area (Å²) in [5.41, 5.74) is 2.22. The van der Waals surface area contributed by atoms with E-state index in [-0.39, 0.29) is 5.63 Å². The van der Waals surface area contributed by atoms with Crippen molar-refractivity contribution >= 4 is 22.6 Å². The van der Waals surface area contributed by atoms with Gasteiger partial charge in [0.1, 0.15) is 25.2 Å². The molecule has 5 heteroatoms. The zero-order chi connectivity index (χ0) is 14.1. The van der Waals surface area contributed by atoms with E-state index in [1.165, 1.54) is 4.90 Å². The van der Waals surface area contributed by atoms with Crippen molar-refractivity contribution in [3.63, 3.8) is 0 Å². The maximum Gasteiger partial charge on any atom is 0.336 e. The molecule has 3 rings (SSSR count). The summed E-state index contributed by atoms with van der Waals surface area (Å²) < 4.78 is 10.6. The van der Waals surface area contributed by atoms with E-state index in [0.29, 0.717) is 10.6 Å². The number of fused-ring (bicyclic) bond motifs is 1. The molecule has 0 radical (unpaired) electrons. The second-order valence-electron chi connectivity index (χ2n) is 5.23. The van der Waals surface area contributed by atoms with Gasteiger partial charge in [0, 0.05) is 22.0 Å². The molecule has 1 fully saturated rings. The maximum atomic E-state index is 11.7. The summed E-state index contributed by atoms with van der Waals surface area (Å²) in [4.78, 5) is 13.1. The van der Waals surface area contributed by atoms with Crippen molar-refractivity contribution in [3.8, 4) is 0 Å². The van der Waals surface area contributed by atoms with Crippen LogP contribution in [-0.4, -0.2) is 26.3 Å². The third kappa shape index (κ3) is 2.73. The fourth-order valence-electron chi connectivity index (χ4n) is 2.60. The molecule has 2 heterocycles. The second kappa shape index (κ2) is 5.56. The number of ether oxygens (including phenoxy) is 1. The van der Waals surface area contributed by atoms with E-state index in [1.807, 2.05) is 19.1 Å². The predicted octanol–water partition coefficient (Wildman–Crippen LogP) is 1.17. The summed E-state index contributed by atoms with van der Waals surface area (Å²) >= 11 is 6.20. The van der Waals surface area contributed by atoms with Crippen molar-refractivity contribution < 1.29 is 14.1 Å². The molecule has 0 bridgehead atoms. The lowest BCUT2D eigenvalue weighted by Crippen LogP contribution is -3.12. The topological polar surface area (TPSA) is 43.9 Å². The van der Waals surface area contributed by atoms with Crippen LogP contribution < -0.4 is 10.5 Å². The number of rotatable bonds is 2. The molecule has 1 aliphatic heterocycles. The van der Waals surface area contributed by atoms with E-state index in [2.05, 4.69) is 0 Å². The summed E-state index contributed by atoms with van der Waals surface area (Å²) in [5, 5.41) is 1.63. The Kier molecular flexibility index (Phi) is 3.78. The fourth-order valence-corrected chi connectivity index (χ4v) is 2.76. The number of halogens is 1. The lowest BCUT2D eigenvalue weighted by molar-refractivity contribution is -0.921. The van der Waals surface area contributed by atoms with Crippen LogP contribution >= 0.6 is 11.6 Å². The zero-order valence-corrected chi connectivity index (χ0v) is 12.1. The Hall–Kier alpha value is -1.36. The molecule has 4 nitrogen and oxygen atoms in total. The van der Waals surface area contributed by atoms with Crippen molar-refractivity contribution in [1.29, 1.82) is 0 Å². The third-order valence-corrected chi connectivity index (χ3v) is 4.16. The summed E-state index contributed by atoms with van der Waals surface area (Å²) in [6, 6.07) is 5.30. The molecule has 0 unspecified atom stereocenters. The molecule has 2 aromatic rings. The molecule has 1 aliphatic rings. The van der Waals surface area contributed by atoms with E-state index in [4.69, 9.17) is 20.8 Å². The van der Waals surface area contributed by atoms with Gasteiger partial charge in [0.25, 0.3) is 0 Å². The van der Waals surface area contributed by atoms with Crippen molar-refractivity contribution in [2.24, 2.45) is 0 Å². The number of nitrogens with one attached hydrogen (secondary N) is 1. The summed E-state index contributed by atoms with van der Waals surface area (Å²) in [6.07, 6.45) is 0. The van der Waals surface area contributed by atoms with E-state index in [1.54, 1.807) is 6.07 Å². The van der Waals surface area contributed by atoms with Gasteiger partial charge in [-0.25, -0.2) is 4.79 Å². The molecule has 20 heavy (non-hydrogen) atoms. The number of hydrogen-bond acceptors (Lipinski definition) is 3. The van der Waals surface area contributed by atoms with E-state index < -0.39 is 0 Å². The molecular weight excluding hydrogens is 278 g/mol. The third-order valence-electron chi connectivity index (χ3n) is 3.75. The molecule has 0 atom stereocenters. The quantitative estimate of drug-likeness (QED) is 0.846. The molecule has 0 saturated carbocycles. The van der Waals surface area contributed by atoms with Crippen LogP contribution in [0.2, 0.25) is 5.02 Å². The van der Waals surface area contributed by atoms with E-state index >= 15 is 0 Å². The number of quaternary nitrogens is 1. The molecular formula is C15H17ClNO3+. The monoisotopic (exact) mass is 294 g/mol. The molecule has 1 aromatic carbocycles. The van der Waals surface area contributed by atoms with Crippen LogP contribution in [0.5, 0.6) is 0 Å². The fraction of sp³-hybridized carbons (Fsp3) is 0.400. The number of aryl methyl sites for hydroxylation is 1. The Morgan fingerprint density at radius 3 is 2.75 bits per heavy atom. The Bertz CT molecular complexity index is 689. The lowest BCUT2D eigenvalue weighted by Gasteiger charge is -2.24. The zero-order valence-electron chi connectivity index (χ0n) is 11.4. The first kappa shape index (κ1) is 13.6. The first-order valence-electron chi connectivity index (χ1n) is 6.77. The van der Waals surface area contributed by atoms with Gasteiger partial charge >= 0.3 is 5.63 Å². The highest BCUT2D eigenvalue weighted by molar-refractivity contribution is 6.32. The van der Waals surface area contributed by atoms with Crippen LogP contribution in [0, 0.1) is 6.92 Å². The minimum Gasteiger partial charge on any atom is -0.423 e. The van der Waals surface area contributed by atoms with Crippen LogP contribution in [0.1, 0.15) is 11.1 Å². The van der Waals surface area contributed by atoms with E-state index in [9.17, 15) is 4.79 Å². The van der Waals surface area contributed by atoms with Crippen LogP contribution in [0.3, 0.4) is 0 Å². The molecule has 0 amide bonds. The number of benzene rings is 1. The van der Waals surface area contributed by atoms with Gasteiger partial charge in [-0.05, 0) is 24.6 Å². The number of morpholine rings is 1. The second-order valence-corrected chi connectivity index (χ2v) is 5.63. The van der Waals surface area contributed by atoms with Crippen molar-refractivity contribution in [2.45, 2.75) is 13.5 Å². The van der Waals surface area contributed by atoms with Crippen LogP contribution in [-0.2, 0) is 11.3 Å². The molecule has 0 aliphatic carbocycles. The highest BCUT2D eigenvalue weighted by atomic mass is 35.5. The average Bonchev–Trinajstić information content (AvgIpc) is 2.42. The van der Waals surface area contributed by atoms with Crippen molar-refractivity contribution in [1.82, 2.24) is 0 Å². The van der Waals surface area contributed by atoms with Gasteiger partial charge in [-0.15, -0.1) is 0 Å². The summed E-state index contributed by atoms with van der Waals surface area (Å²) in [5.74, 6) is 0. The largest absolute Gasteiger partial charge is 0.423 e. The Balaban J connectivity index is 2.04. The van der Waals surface area contributed by atoms with Gasteiger partial charge in [-0.3, -0.25) is 0 Å². The smallest absolute Gasteiger partial charge is 0.336 e. The standard InChI is InChI=1S/C15H16ClNO3/c1-10-6-14-12(8-13(10)16)11(7-15(18)20-14)9-17-2-4-19-5-3-17/h6-8H,2-5,9H2,1H3/p+1. The van der Waals surface area contributed by atoms with Crippen molar-refractivity contribution in [3.05, 3.63) is 44.8 Å². The van der Waals surface area contributed by atoms with E-state index in [0.717, 1.165) is 49.4 Å². The Morgan fingerprint density at radius 2 is 2.00 bits per heavy atom. The highest BCUT2D eigenvalue weighted by Crippen LogP contribution is 2.24. The van der Waals surface area contributed by atoms with Crippen molar-refractivity contribution in [2.75, 3.05) is 26.3 Å². The molecule has 106 valence electrons. The minimum absolute atomic E-state index is 0.304. The maximum absolute atomic E-state index is 11.7. The number of hydrogen-bond donors (Lipinski definition) is 1. The lowest BCUT2D eigenvalue weighted by atomic mass is 10.1. The SMILES string of the molecule is Cc1cc2oc(=O)cc(C[NH+]3CCOCC3)c2cc1Cl. The van der Waals surface area contributed by atoms with Crippen LogP contribution in [0.15, 0.2) is 27.4 Å². The predicted molar refractivity (Wildman–Crippen MR) is 77.5 cm³/mol. The van der Waals surface area contributed by atoms with Gasteiger partial charge in [-0.1, -0.05) is 11.6 Å². The van der Waals surface area contributed by atoms with Gasteiger partial charge in [-0.2, -0.15) is 0 Å². The minimum atomic E-state index is -0.304. The van der Waals surface area contributed by atoms with Crippen LogP contribution in [0.25, 0.3) is 11.0 Å². The Morgan fingerprint density at radius 1 is 1.25 bits per heavy atom. The van der Waals surface area contributed by atoms with Gasteiger partial charge in [0.15, 0.2) is 0 Å². The normalized spacial score (nSPS) is 16.7. The first-order chi connectivity index (χ1) is 9.63. The molecule has 1 N–H and O–H groups in total. The summed E-state index contributed by atoms with van der Waals surface area (Å²) in [7, 11) is 0. The first-order valence-corrected chi connectivity index (χ1v) is 7.15.